The highest BCUT2D eigenvalue weighted by atomic mass is 16.5. The Labute approximate surface area is 170 Å². The van der Waals surface area contributed by atoms with Crippen molar-refractivity contribution in [3.63, 3.8) is 0 Å². The second-order valence-electron chi connectivity index (χ2n) is 6.75. The van der Waals surface area contributed by atoms with E-state index in [1.54, 1.807) is 6.08 Å². The van der Waals surface area contributed by atoms with Crippen LogP contribution in [0.1, 0.15) is 50.3 Å². The van der Waals surface area contributed by atoms with E-state index in [1.807, 2.05) is 25.2 Å². The number of benzene rings is 1. The number of hydrogen-bond donors (Lipinski definition) is 0. The van der Waals surface area contributed by atoms with E-state index >= 15 is 0 Å². The molecule has 1 aromatic carbocycles. The summed E-state index contributed by atoms with van der Waals surface area (Å²) in [4.78, 5) is 11.7. The first-order chi connectivity index (χ1) is 13.5. The molecule has 0 aromatic heterocycles. The van der Waals surface area contributed by atoms with Crippen molar-refractivity contribution >= 4 is 5.97 Å². The second kappa shape index (κ2) is 12.8. The minimum Gasteiger partial charge on any atom is -0.494 e. The molecule has 3 heteroatoms. The first-order valence-corrected chi connectivity index (χ1v) is 9.91. The minimum atomic E-state index is -0.237. The summed E-state index contributed by atoms with van der Waals surface area (Å²) in [5, 5.41) is 0. The van der Waals surface area contributed by atoms with Gasteiger partial charge in [-0.15, -0.1) is 6.58 Å². The molecule has 0 spiro atoms. The van der Waals surface area contributed by atoms with E-state index < -0.39 is 0 Å². The molecular weight excluding hydrogens is 348 g/mol. The Kier molecular flexibility index (Phi) is 10.7. The van der Waals surface area contributed by atoms with Gasteiger partial charge in [-0.25, -0.2) is 0 Å². The van der Waals surface area contributed by atoms with Gasteiger partial charge in [0.1, 0.15) is 6.61 Å². The number of methoxy groups -OCH3 is 1. The Morgan fingerprint density at radius 1 is 1.14 bits per heavy atom. The number of esters is 1. The topological polar surface area (TPSA) is 35.5 Å². The van der Waals surface area contributed by atoms with Gasteiger partial charge < -0.3 is 9.47 Å². The molecule has 28 heavy (non-hydrogen) atoms. The van der Waals surface area contributed by atoms with Crippen molar-refractivity contribution in [2.75, 3.05) is 7.11 Å². The van der Waals surface area contributed by atoms with Crippen molar-refractivity contribution in [1.82, 2.24) is 0 Å². The summed E-state index contributed by atoms with van der Waals surface area (Å²) in [6.07, 6.45) is 10.5. The van der Waals surface area contributed by atoms with Crippen LogP contribution >= 0.6 is 0 Å². The Morgan fingerprint density at radius 3 is 2.43 bits per heavy atom. The van der Waals surface area contributed by atoms with Crippen LogP contribution in [0, 0.1) is 5.92 Å². The zero-order valence-electron chi connectivity index (χ0n) is 17.8. The molecule has 1 atom stereocenters. The SMILES string of the molecule is C=CCC(CC(=O)OC)/C(C=C)=C/C=C(\C)OCc1ccc(CC)c(CC)c1. The fourth-order valence-corrected chi connectivity index (χ4v) is 3.10. The number of allylic oxidation sites excluding steroid dienone is 6. The van der Waals surface area contributed by atoms with E-state index in [2.05, 4.69) is 45.2 Å². The molecule has 0 fully saturated rings. The quantitative estimate of drug-likeness (QED) is 0.190. The lowest BCUT2D eigenvalue weighted by Gasteiger charge is -2.15. The molecule has 0 heterocycles. The van der Waals surface area contributed by atoms with Gasteiger partial charge in [-0.3, -0.25) is 4.79 Å². The molecule has 0 saturated carbocycles. The van der Waals surface area contributed by atoms with E-state index in [-0.39, 0.29) is 11.9 Å². The summed E-state index contributed by atoms with van der Waals surface area (Å²) in [6.45, 7) is 14.5. The van der Waals surface area contributed by atoms with Gasteiger partial charge in [-0.2, -0.15) is 0 Å². The molecule has 1 rings (SSSR count). The molecule has 0 N–H and O–H groups in total. The summed E-state index contributed by atoms with van der Waals surface area (Å²) in [5.74, 6) is 0.575. The lowest BCUT2D eigenvalue weighted by Crippen LogP contribution is -2.11. The number of rotatable bonds is 12. The number of ether oxygens (including phenoxy) is 2. The highest BCUT2D eigenvalue weighted by molar-refractivity contribution is 5.70. The summed E-state index contributed by atoms with van der Waals surface area (Å²) in [5.41, 5.74) is 4.92. The Hall–Kier alpha value is -2.55. The third-order valence-corrected chi connectivity index (χ3v) is 4.81. The Balaban J connectivity index is 2.83. The van der Waals surface area contributed by atoms with Crippen LogP contribution in [-0.2, 0) is 33.7 Å². The van der Waals surface area contributed by atoms with Crippen LogP contribution in [0.2, 0.25) is 0 Å². The van der Waals surface area contributed by atoms with Crippen LogP contribution in [0.3, 0.4) is 0 Å². The van der Waals surface area contributed by atoms with E-state index in [0.29, 0.717) is 19.4 Å². The second-order valence-corrected chi connectivity index (χ2v) is 6.75. The molecule has 0 amide bonds. The number of aryl methyl sites for hydroxylation is 2. The van der Waals surface area contributed by atoms with Gasteiger partial charge >= 0.3 is 5.97 Å². The summed E-state index contributed by atoms with van der Waals surface area (Å²) < 4.78 is 10.7. The monoisotopic (exact) mass is 382 g/mol. The molecule has 1 unspecified atom stereocenters. The van der Waals surface area contributed by atoms with Crippen LogP contribution in [0.4, 0.5) is 0 Å². The van der Waals surface area contributed by atoms with Crippen molar-refractivity contribution in [2.24, 2.45) is 5.92 Å². The molecule has 3 nitrogen and oxygen atoms in total. The molecular formula is C25H34O3. The average Bonchev–Trinajstić information content (AvgIpc) is 2.72. The van der Waals surface area contributed by atoms with Gasteiger partial charge in [0, 0.05) is 0 Å². The maximum Gasteiger partial charge on any atom is 0.306 e. The van der Waals surface area contributed by atoms with Gasteiger partial charge in [0.05, 0.1) is 19.3 Å². The smallest absolute Gasteiger partial charge is 0.306 e. The molecule has 1 aromatic rings. The lowest BCUT2D eigenvalue weighted by molar-refractivity contribution is -0.141. The van der Waals surface area contributed by atoms with Crippen LogP contribution in [0.15, 0.2) is 67.0 Å². The van der Waals surface area contributed by atoms with Crippen LogP contribution in [0.25, 0.3) is 0 Å². The van der Waals surface area contributed by atoms with Gasteiger partial charge in [0.2, 0.25) is 0 Å². The fraction of sp³-hybridized carbons (Fsp3) is 0.400. The van der Waals surface area contributed by atoms with Gasteiger partial charge in [-0.1, -0.05) is 56.9 Å². The molecule has 0 aliphatic heterocycles. The molecule has 0 saturated heterocycles. The first-order valence-electron chi connectivity index (χ1n) is 9.91. The zero-order valence-corrected chi connectivity index (χ0v) is 17.8. The molecule has 0 bridgehead atoms. The number of hydrogen-bond acceptors (Lipinski definition) is 3. The molecule has 0 radical (unpaired) electrons. The first kappa shape index (κ1) is 23.5. The lowest BCUT2D eigenvalue weighted by atomic mass is 9.91. The summed E-state index contributed by atoms with van der Waals surface area (Å²) in [6, 6.07) is 6.55. The highest BCUT2D eigenvalue weighted by Crippen LogP contribution is 2.22. The average molecular weight is 383 g/mol. The summed E-state index contributed by atoms with van der Waals surface area (Å²) in [7, 11) is 1.40. The number of carbonyl (C=O) groups excluding carboxylic acids is 1. The standard InChI is InChI=1S/C25H34O3/c1-7-11-24(17-25(26)27-6)22(9-3)14-12-19(5)28-18-20-13-15-21(8-2)23(10-4)16-20/h7,9,12-16,24H,1,3,8,10-11,17-18H2,2,4-6H3/b19-12+,22-14+. The molecule has 152 valence electrons. The third-order valence-electron chi connectivity index (χ3n) is 4.81. The van der Waals surface area contributed by atoms with Crippen LogP contribution in [-0.4, -0.2) is 13.1 Å². The fourth-order valence-electron chi connectivity index (χ4n) is 3.10. The van der Waals surface area contributed by atoms with Crippen LogP contribution < -0.4 is 0 Å². The zero-order chi connectivity index (χ0) is 20.9. The minimum absolute atomic E-state index is 0.000186. The number of carbonyl (C=O) groups is 1. The van der Waals surface area contributed by atoms with Crippen molar-refractivity contribution < 1.29 is 14.3 Å². The highest BCUT2D eigenvalue weighted by Gasteiger charge is 2.15. The predicted molar refractivity (Wildman–Crippen MR) is 117 cm³/mol. The van der Waals surface area contributed by atoms with Gasteiger partial charge in [-0.05, 0) is 60.4 Å². The van der Waals surface area contributed by atoms with E-state index in [9.17, 15) is 4.79 Å². The van der Waals surface area contributed by atoms with Crippen molar-refractivity contribution in [2.45, 2.75) is 53.1 Å². The van der Waals surface area contributed by atoms with Gasteiger partial charge in [0.25, 0.3) is 0 Å². The molecule has 0 aliphatic carbocycles. The Morgan fingerprint density at radius 2 is 1.86 bits per heavy atom. The van der Waals surface area contributed by atoms with Crippen molar-refractivity contribution in [3.05, 3.63) is 83.7 Å². The van der Waals surface area contributed by atoms with Gasteiger partial charge in [0.15, 0.2) is 0 Å². The van der Waals surface area contributed by atoms with E-state index in [4.69, 9.17) is 9.47 Å². The van der Waals surface area contributed by atoms with E-state index in [1.165, 1.54) is 23.8 Å². The summed E-state index contributed by atoms with van der Waals surface area (Å²) >= 11 is 0. The Bertz CT molecular complexity index is 725. The predicted octanol–water partition coefficient (Wildman–Crippen LogP) is 6.10. The van der Waals surface area contributed by atoms with Crippen molar-refractivity contribution in [3.8, 4) is 0 Å². The van der Waals surface area contributed by atoms with Crippen molar-refractivity contribution in [1.29, 1.82) is 0 Å². The largest absolute Gasteiger partial charge is 0.494 e. The maximum atomic E-state index is 11.7. The van der Waals surface area contributed by atoms with E-state index in [0.717, 1.165) is 24.2 Å². The third kappa shape index (κ3) is 7.59. The maximum absolute atomic E-state index is 11.7. The van der Waals surface area contributed by atoms with Crippen LogP contribution in [0.5, 0.6) is 0 Å². The normalized spacial score (nSPS) is 13.0. The molecule has 0 aliphatic rings.